The molecule has 110 valence electrons. The summed E-state index contributed by atoms with van der Waals surface area (Å²) in [5, 5.41) is 9.76. The minimum atomic E-state index is -0.408. The molecular weight excluding hydrogens is 335 g/mol. The number of carbonyl (C=O) groups excluding carboxylic acids is 1. The Morgan fingerprint density at radius 1 is 1.24 bits per heavy atom. The van der Waals surface area contributed by atoms with Crippen LogP contribution in [0.15, 0.2) is 39.5 Å². The fourth-order valence-electron chi connectivity index (χ4n) is 1.87. The van der Waals surface area contributed by atoms with Gasteiger partial charge < -0.3 is 10.8 Å². The summed E-state index contributed by atoms with van der Waals surface area (Å²) < 4.78 is 0. The average Bonchev–Trinajstić information content (AvgIpc) is 2.42. The summed E-state index contributed by atoms with van der Waals surface area (Å²) in [6.07, 6.45) is 1.98. The van der Waals surface area contributed by atoms with Crippen molar-refractivity contribution in [3.63, 3.8) is 0 Å². The number of aromatic hydroxyl groups is 1. The van der Waals surface area contributed by atoms with Gasteiger partial charge in [-0.1, -0.05) is 41.7 Å². The molecule has 0 heterocycles. The molecule has 0 atom stereocenters. The van der Waals surface area contributed by atoms with E-state index in [9.17, 15) is 9.90 Å². The number of carbonyl (C=O) groups is 1. The van der Waals surface area contributed by atoms with E-state index in [1.165, 1.54) is 18.2 Å². The van der Waals surface area contributed by atoms with E-state index >= 15 is 0 Å². The molecule has 0 spiro atoms. The third-order valence-corrected chi connectivity index (χ3v) is 3.91. The van der Waals surface area contributed by atoms with E-state index in [-0.39, 0.29) is 26.5 Å². The Kier molecular flexibility index (Phi) is 4.61. The number of hydrogen-bond donors (Lipinski definition) is 2. The molecule has 3 N–H and O–H groups in total. The monoisotopic (exact) mass is 344 g/mol. The van der Waals surface area contributed by atoms with Crippen LogP contribution in [-0.2, 0) is 4.79 Å². The Hall–Kier alpha value is -1.49. The Morgan fingerprint density at radius 3 is 2.33 bits per heavy atom. The third kappa shape index (κ3) is 3.07. The SMILES string of the molecule is CCC1=C(Cl)C(=O)C(N)=C/C1=N\c1cc(Cl)c(O)c(Cl)c1. The maximum absolute atomic E-state index is 11.7. The van der Waals surface area contributed by atoms with Gasteiger partial charge in [0.1, 0.15) is 0 Å². The van der Waals surface area contributed by atoms with E-state index in [2.05, 4.69) is 4.99 Å². The van der Waals surface area contributed by atoms with Crippen LogP contribution < -0.4 is 5.73 Å². The number of nitrogens with two attached hydrogens (primary N) is 1. The molecular formula is C14H11Cl3N2O2. The Balaban J connectivity index is 2.56. The second kappa shape index (κ2) is 6.10. The van der Waals surface area contributed by atoms with Gasteiger partial charge in [-0.05, 0) is 24.6 Å². The fourth-order valence-corrected chi connectivity index (χ4v) is 2.68. The van der Waals surface area contributed by atoms with Gasteiger partial charge in [0.05, 0.1) is 32.2 Å². The van der Waals surface area contributed by atoms with Gasteiger partial charge >= 0.3 is 0 Å². The van der Waals surface area contributed by atoms with Crippen molar-refractivity contribution in [3.05, 3.63) is 44.6 Å². The maximum atomic E-state index is 11.7. The molecule has 0 aliphatic heterocycles. The first-order valence-corrected chi connectivity index (χ1v) is 7.16. The predicted octanol–water partition coefficient (Wildman–Crippen LogP) is 4.10. The summed E-state index contributed by atoms with van der Waals surface area (Å²) in [5.74, 6) is -0.616. The number of phenols is 1. The molecule has 7 heteroatoms. The molecule has 21 heavy (non-hydrogen) atoms. The molecule has 1 aromatic rings. The molecule has 2 rings (SSSR count). The van der Waals surface area contributed by atoms with Crippen molar-refractivity contribution < 1.29 is 9.90 Å². The Morgan fingerprint density at radius 2 is 1.81 bits per heavy atom. The molecule has 4 nitrogen and oxygen atoms in total. The van der Waals surface area contributed by atoms with E-state index in [1.54, 1.807) is 0 Å². The molecule has 1 aromatic carbocycles. The van der Waals surface area contributed by atoms with Gasteiger partial charge in [0.15, 0.2) is 5.75 Å². The van der Waals surface area contributed by atoms with Gasteiger partial charge in [0, 0.05) is 5.57 Å². The minimum Gasteiger partial charge on any atom is -0.505 e. The first-order valence-electron chi connectivity index (χ1n) is 6.02. The van der Waals surface area contributed by atoms with Crippen LogP contribution in [0.1, 0.15) is 13.3 Å². The van der Waals surface area contributed by atoms with Crippen LogP contribution in [-0.4, -0.2) is 16.6 Å². The third-order valence-electron chi connectivity index (χ3n) is 2.93. The van der Waals surface area contributed by atoms with Crippen LogP contribution in [0.3, 0.4) is 0 Å². The van der Waals surface area contributed by atoms with Gasteiger partial charge in [0.25, 0.3) is 0 Å². The van der Waals surface area contributed by atoms with Crippen LogP contribution in [0.4, 0.5) is 5.69 Å². The maximum Gasteiger partial charge on any atom is 0.220 e. The number of rotatable bonds is 2. The minimum absolute atomic E-state index is 0.0203. The molecule has 0 saturated heterocycles. The lowest BCUT2D eigenvalue weighted by atomic mass is 9.98. The lowest BCUT2D eigenvalue weighted by Gasteiger charge is -2.15. The van der Waals surface area contributed by atoms with E-state index in [4.69, 9.17) is 40.5 Å². The average molecular weight is 346 g/mol. The van der Waals surface area contributed by atoms with E-state index in [0.29, 0.717) is 23.4 Å². The van der Waals surface area contributed by atoms with Crippen molar-refractivity contribution in [2.24, 2.45) is 10.7 Å². The van der Waals surface area contributed by atoms with E-state index in [0.717, 1.165) is 0 Å². The number of halogens is 3. The van der Waals surface area contributed by atoms with Crippen LogP contribution in [0, 0.1) is 0 Å². The van der Waals surface area contributed by atoms with E-state index in [1.807, 2.05) is 6.92 Å². The summed E-state index contributed by atoms with van der Waals surface area (Å²) in [7, 11) is 0. The second-order valence-corrected chi connectivity index (χ2v) is 5.52. The molecule has 0 bridgehead atoms. The van der Waals surface area contributed by atoms with Crippen LogP contribution in [0.25, 0.3) is 0 Å². The summed E-state index contributed by atoms with van der Waals surface area (Å²) in [4.78, 5) is 16.1. The highest BCUT2D eigenvalue weighted by Crippen LogP contribution is 2.36. The van der Waals surface area contributed by atoms with Crippen molar-refractivity contribution in [2.45, 2.75) is 13.3 Å². The Labute approximate surface area is 136 Å². The highest BCUT2D eigenvalue weighted by Gasteiger charge is 2.23. The topological polar surface area (TPSA) is 75.7 Å². The zero-order valence-corrected chi connectivity index (χ0v) is 13.2. The molecule has 0 aromatic heterocycles. The number of Topliss-reactive ketones (excluding diaryl/α,β-unsaturated/α-hetero) is 1. The fraction of sp³-hybridized carbons (Fsp3) is 0.143. The first kappa shape index (κ1) is 15.9. The zero-order chi connectivity index (χ0) is 15.7. The van der Waals surface area contributed by atoms with Crippen molar-refractivity contribution in [1.29, 1.82) is 0 Å². The summed E-state index contributed by atoms with van der Waals surface area (Å²) in [6, 6.07) is 2.91. The lowest BCUT2D eigenvalue weighted by molar-refractivity contribution is -0.111. The number of ketones is 1. The van der Waals surface area contributed by atoms with Gasteiger partial charge in [-0.3, -0.25) is 4.79 Å². The second-order valence-electron chi connectivity index (χ2n) is 4.33. The quantitative estimate of drug-likeness (QED) is 0.792. The van der Waals surface area contributed by atoms with Crippen LogP contribution in [0.2, 0.25) is 10.0 Å². The van der Waals surface area contributed by atoms with Gasteiger partial charge in [-0.15, -0.1) is 0 Å². The lowest BCUT2D eigenvalue weighted by Crippen LogP contribution is -2.21. The van der Waals surface area contributed by atoms with Crippen molar-refractivity contribution in [3.8, 4) is 5.75 Å². The van der Waals surface area contributed by atoms with Gasteiger partial charge in [-0.2, -0.15) is 0 Å². The largest absolute Gasteiger partial charge is 0.505 e. The molecule has 0 amide bonds. The highest BCUT2D eigenvalue weighted by atomic mass is 35.5. The van der Waals surface area contributed by atoms with Crippen LogP contribution in [0.5, 0.6) is 5.75 Å². The van der Waals surface area contributed by atoms with E-state index < -0.39 is 5.78 Å². The Bertz CT molecular complexity index is 698. The summed E-state index contributed by atoms with van der Waals surface area (Å²) >= 11 is 17.7. The normalized spacial score (nSPS) is 17.4. The summed E-state index contributed by atoms with van der Waals surface area (Å²) in [6.45, 7) is 1.85. The van der Waals surface area contributed by atoms with Gasteiger partial charge in [0.2, 0.25) is 5.78 Å². The highest BCUT2D eigenvalue weighted by molar-refractivity contribution is 6.49. The summed E-state index contributed by atoms with van der Waals surface area (Å²) in [5.41, 5.74) is 7.14. The number of hydrogen-bond acceptors (Lipinski definition) is 4. The molecule has 1 aliphatic rings. The zero-order valence-electron chi connectivity index (χ0n) is 11.0. The van der Waals surface area contributed by atoms with Crippen molar-refractivity contribution in [1.82, 2.24) is 0 Å². The van der Waals surface area contributed by atoms with Crippen molar-refractivity contribution >= 4 is 52.0 Å². The molecule has 0 fully saturated rings. The molecule has 0 radical (unpaired) electrons. The standard InChI is InChI=1S/C14H11Cl3N2O2/c1-2-7-11(5-10(18)14(21)12(7)17)19-6-3-8(15)13(20)9(16)4-6/h3-5,20H,2,18H2,1H3/b19-11+. The molecule has 0 saturated carbocycles. The first-order chi connectivity index (χ1) is 9.85. The number of nitrogens with zero attached hydrogens (tertiary/aromatic N) is 1. The van der Waals surface area contributed by atoms with Gasteiger partial charge in [-0.25, -0.2) is 4.99 Å². The van der Waals surface area contributed by atoms with Crippen molar-refractivity contribution in [2.75, 3.05) is 0 Å². The molecule has 0 unspecified atom stereocenters. The molecule has 1 aliphatic carbocycles. The number of benzene rings is 1. The number of aliphatic imine (C=N–C) groups is 1. The predicted molar refractivity (Wildman–Crippen MR) is 85.7 cm³/mol. The van der Waals surface area contributed by atoms with Crippen LogP contribution >= 0.6 is 34.8 Å². The smallest absolute Gasteiger partial charge is 0.220 e. The number of phenolic OH excluding ortho intramolecular Hbond substituents is 1. The number of allylic oxidation sites excluding steroid dienone is 3.